The van der Waals surface area contributed by atoms with Gasteiger partial charge in [-0.2, -0.15) is 0 Å². The summed E-state index contributed by atoms with van der Waals surface area (Å²) in [6.45, 7) is 0. The molecule has 0 saturated heterocycles. The van der Waals surface area contributed by atoms with Gasteiger partial charge in [0.1, 0.15) is 11.2 Å². The van der Waals surface area contributed by atoms with Crippen molar-refractivity contribution in [2.24, 2.45) is 24.8 Å². The molecule has 2 nitrogen and oxygen atoms in total. The molecule has 0 N–H and O–H groups in total. The van der Waals surface area contributed by atoms with Crippen LogP contribution < -0.4 is 0 Å². The Labute approximate surface area is 181 Å². The van der Waals surface area contributed by atoms with Gasteiger partial charge in [0.25, 0.3) is 0 Å². The molecule has 3 aromatic carbocycles. The number of furan rings is 1. The quantitative estimate of drug-likeness (QED) is 0.279. The van der Waals surface area contributed by atoms with Crippen LogP contribution in [0.5, 0.6) is 0 Å². The first-order valence-electron chi connectivity index (χ1n) is 12.0. The summed E-state index contributed by atoms with van der Waals surface area (Å²) in [6, 6.07) is 20.5. The minimum atomic E-state index is 0.419. The van der Waals surface area contributed by atoms with E-state index in [1.54, 1.807) is 5.56 Å². The van der Waals surface area contributed by atoms with Crippen LogP contribution in [0, 0.1) is 17.8 Å². The maximum atomic E-state index is 6.51. The van der Waals surface area contributed by atoms with E-state index >= 15 is 0 Å². The second kappa shape index (κ2) is 5.54. The van der Waals surface area contributed by atoms with Gasteiger partial charge >= 0.3 is 0 Å². The fourth-order valence-corrected chi connectivity index (χ4v) is 8.22. The normalized spacial score (nSPS) is 29.8. The highest BCUT2D eigenvalue weighted by atomic mass is 16.3. The molecular weight excluding hydrogens is 378 g/mol. The average molecular weight is 406 g/mol. The van der Waals surface area contributed by atoms with E-state index in [0.29, 0.717) is 5.41 Å². The van der Waals surface area contributed by atoms with E-state index in [-0.39, 0.29) is 0 Å². The maximum Gasteiger partial charge on any atom is 0.136 e. The van der Waals surface area contributed by atoms with E-state index in [4.69, 9.17) is 4.42 Å². The van der Waals surface area contributed by atoms with Crippen molar-refractivity contribution in [3.63, 3.8) is 0 Å². The molecule has 4 aliphatic carbocycles. The van der Waals surface area contributed by atoms with E-state index < -0.39 is 0 Å². The molecule has 154 valence electrons. The molecule has 31 heavy (non-hydrogen) atoms. The highest BCUT2D eigenvalue weighted by molar-refractivity contribution is 6.16. The van der Waals surface area contributed by atoms with Crippen LogP contribution in [-0.2, 0) is 12.5 Å². The van der Waals surface area contributed by atoms with Crippen LogP contribution in [0.3, 0.4) is 0 Å². The van der Waals surface area contributed by atoms with Crippen molar-refractivity contribution in [1.82, 2.24) is 4.57 Å². The van der Waals surface area contributed by atoms with Crippen molar-refractivity contribution in [2.75, 3.05) is 0 Å². The lowest BCUT2D eigenvalue weighted by atomic mass is 9.48. The van der Waals surface area contributed by atoms with E-state index in [0.717, 1.165) is 28.9 Å². The van der Waals surface area contributed by atoms with Crippen molar-refractivity contribution in [1.29, 1.82) is 0 Å². The smallest absolute Gasteiger partial charge is 0.136 e. The standard InChI is InChI=1S/C29H27NO/c1-30-25-5-3-2-4-21(25)23-13-28-24(12-26(23)30)22-7-6-20(11-27(22)31-28)29-14-17-8-18(15-29)10-19(9-17)16-29/h2-7,11-13,17-19H,8-10,14-16H2,1H3. The van der Waals surface area contributed by atoms with Gasteiger partial charge in [-0.05, 0) is 91.5 Å². The molecule has 0 unspecified atom stereocenters. The molecule has 0 radical (unpaired) electrons. The Morgan fingerprint density at radius 2 is 1.42 bits per heavy atom. The lowest BCUT2D eigenvalue weighted by Crippen LogP contribution is -2.48. The first-order valence-corrected chi connectivity index (χ1v) is 12.0. The average Bonchev–Trinajstić information content (AvgIpc) is 3.26. The molecule has 0 spiro atoms. The van der Waals surface area contributed by atoms with Crippen LogP contribution in [0.1, 0.15) is 44.1 Å². The first-order chi connectivity index (χ1) is 15.2. The fraction of sp³-hybridized carbons (Fsp3) is 0.379. The van der Waals surface area contributed by atoms with Crippen LogP contribution in [0.2, 0.25) is 0 Å². The minimum Gasteiger partial charge on any atom is -0.456 e. The van der Waals surface area contributed by atoms with Gasteiger partial charge in [-0.3, -0.25) is 0 Å². The highest BCUT2D eigenvalue weighted by Gasteiger charge is 2.51. The number of benzene rings is 3. The summed E-state index contributed by atoms with van der Waals surface area (Å²) in [7, 11) is 2.17. The second-order valence-corrected chi connectivity index (χ2v) is 11.0. The molecule has 5 aromatic rings. The predicted molar refractivity (Wildman–Crippen MR) is 128 cm³/mol. The molecular formula is C29H27NO. The molecule has 9 rings (SSSR count). The minimum absolute atomic E-state index is 0.419. The highest BCUT2D eigenvalue weighted by Crippen LogP contribution is 2.61. The SMILES string of the molecule is Cn1c2ccccc2c2cc3oc4cc(C56CC7CC(CC(C7)C5)C6)ccc4c3cc21. The monoisotopic (exact) mass is 405 g/mol. The summed E-state index contributed by atoms with van der Waals surface area (Å²) < 4.78 is 8.83. The Hall–Kier alpha value is -2.74. The van der Waals surface area contributed by atoms with Crippen molar-refractivity contribution < 1.29 is 4.42 Å². The van der Waals surface area contributed by atoms with Crippen LogP contribution in [-0.4, -0.2) is 4.57 Å². The Bertz CT molecular complexity index is 1500. The fourth-order valence-electron chi connectivity index (χ4n) is 8.22. The summed E-state index contributed by atoms with van der Waals surface area (Å²) in [5, 5.41) is 5.09. The van der Waals surface area contributed by atoms with Crippen LogP contribution >= 0.6 is 0 Å². The van der Waals surface area contributed by atoms with Crippen molar-refractivity contribution in [3.8, 4) is 0 Å². The number of nitrogens with zero attached hydrogens (tertiary/aromatic N) is 1. The number of aryl methyl sites for hydroxylation is 1. The van der Waals surface area contributed by atoms with E-state index in [1.807, 2.05) is 0 Å². The third-order valence-electron chi connectivity index (χ3n) is 9.16. The largest absolute Gasteiger partial charge is 0.456 e. The van der Waals surface area contributed by atoms with Gasteiger partial charge < -0.3 is 8.98 Å². The van der Waals surface area contributed by atoms with Gasteiger partial charge in [0, 0.05) is 39.6 Å². The van der Waals surface area contributed by atoms with Crippen LogP contribution in [0.15, 0.2) is 59.0 Å². The molecule has 0 aliphatic heterocycles. The molecule has 4 aliphatic rings. The van der Waals surface area contributed by atoms with Gasteiger partial charge in [-0.1, -0.05) is 30.3 Å². The lowest BCUT2D eigenvalue weighted by Gasteiger charge is -2.57. The van der Waals surface area contributed by atoms with Gasteiger partial charge in [-0.25, -0.2) is 0 Å². The zero-order chi connectivity index (χ0) is 20.3. The summed E-state index contributed by atoms with van der Waals surface area (Å²) in [5.41, 5.74) is 6.61. The summed E-state index contributed by atoms with van der Waals surface area (Å²) >= 11 is 0. The van der Waals surface area contributed by atoms with E-state index in [9.17, 15) is 0 Å². The Kier molecular flexibility index (Phi) is 3.02. The van der Waals surface area contributed by atoms with Crippen molar-refractivity contribution >= 4 is 43.7 Å². The first kappa shape index (κ1) is 16.9. The molecule has 4 saturated carbocycles. The zero-order valence-electron chi connectivity index (χ0n) is 18.0. The van der Waals surface area contributed by atoms with Crippen LogP contribution in [0.4, 0.5) is 0 Å². The van der Waals surface area contributed by atoms with Gasteiger partial charge in [0.05, 0.1) is 0 Å². The van der Waals surface area contributed by atoms with Crippen molar-refractivity contribution in [3.05, 3.63) is 60.2 Å². The third-order valence-corrected chi connectivity index (χ3v) is 9.16. The maximum absolute atomic E-state index is 6.51. The molecule has 2 aromatic heterocycles. The van der Waals surface area contributed by atoms with Crippen LogP contribution in [0.25, 0.3) is 43.7 Å². The summed E-state index contributed by atoms with van der Waals surface area (Å²) in [4.78, 5) is 0. The Morgan fingerprint density at radius 1 is 0.710 bits per heavy atom. The van der Waals surface area contributed by atoms with Gasteiger partial charge in [0.15, 0.2) is 0 Å². The zero-order valence-corrected chi connectivity index (χ0v) is 18.0. The second-order valence-electron chi connectivity index (χ2n) is 11.0. The Morgan fingerprint density at radius 3 is 2.19 bits per heavy atom. The molecule has 0 amide bonds. The van der Waals surface area contributed by atoms with E-state index in [1.165, 1.54) is 71.1 Å². The number of aromatic nitrogens is 1. The molecule has 2 heterocycles. The summed E-state index contributed by atoms with van der Waals surface area (Å²) in [6.07, 6.45) is 8.69. The molecule has 4 fully saturated rings. The lowest BCUT2D eigenvalue weighted by molar-refractivity contribution is -0.00515. The topological polar surface area (TPSA) is 18.1 Å². The number of fused-ring (bicyclic) bond motifs is 6. The van der Waals surface area contributed by atoms with Gasteiger partial charge in [-0.15, -0.1) is 0 Å². The van der Waals surface area contributed by atoms with E-state index in [2.05, 4.69) is 66.2 Å². The number of rotatable bonds is 1. The Balaban J connectivity index is 1.34. The molecule has 4 bridgehead atoms. The molecule has 2 heteroatoms. The third kappa shape index (κ3) is 2.14. The predicted octanol–water partition coefficient (Wildman–Crippen LogP) is 7.70. The van der Waals surface area contributed by atoms with Crippen molar-refractivity contribution in [2.45, 2.75) is 43.9 Å². The number of para-hydroxylation sites is 1. The molecule has 0 atom stereocenters. The number of hydrogen-bond donors (Lipinski definition) is 0. The number of hydrogen-bond acceptors (Lipinski definition) is 1. The van der Waals surface area contributed by atoms with Gasteiger partial charge in [0.2, 0.25) is 0 Å². The summed E-state index contributed by atoms with van der Waals surface area (Å²) in [5.74, 6) is 2.91.